The molecule has 5 heteroatoms. The van der Waals surface area contributed by atoms with Crippen LogP contribution in [-0.2, 0) is 4.79 Å². The molecule has 0 atom stereocenters. The van der Waals surface area contributed by atoms with Gasteiger partial charge in [0.25, 0.3) is 0 Å². The third kappa shape index (κ3) is 2.82. The fraction of sp³-hybridized carbons (Fsp3) is 0.143. The standard InChI is InChI=1S/C14H13NO4/c1-8-3-4-10(15-9(2)16)7-11(8)12-5-6-13(19-12)14(17)18/h3-7H,1-2H3,(H,15,16)(H,17,18). The minimum absolute atomic E-state index is 0.112. The molecule has 0 bridgehead atoms. The Morgan fingerprint density at radius 1 is 1.21 bits per heavy atom. The van der Waals surface area contributed by atoms with Crippen LogP contribution in [0.1, 0.15) is 23.0 Å². The molecule has 0 saturated carbocycles. The lowest BCUT2D eigenvalue weighted by Crippen LogP contribution is -2.05. The predicted octanol–water partition coefficient (Wildman–Crippen LogP) is 2.91. The number of amides is 1. The second-order valence-electron chi connectivity index (χ2n) is 4.18. The number of carbonyl (C=O) groups is 2. The molecule has 98 valence electrons. The first-order valence-corrected chi connectivity index (χ1v) is 5.69. The highest BCUT2D eigenvalue weighted by Crippen LogP contribution is 2.28. The third-order valence-corrected chi connectivity index (χ3v) is 2.64. The molecule has 2 aromatic rings. The first-order chi connectivity index (χ1) is 8.97. The van der Waals surface area contributed by atoms with Gasteiger partial charge in [-0.3, -0.25) is 4.79 Å². The number of aryl methyl sites for hydroxylation is 1. The molecule has 0 saturated heterocycles. The number of carboxylic acid groups (broad SMARTS) is 1. The Morgan fingerprint density at radius 2 is 1.95 bits per heavy atom. The van der Waals surface area contributed by atoms with E-state index in [-0.39, 0.29) is 11.7 Å². The SMILES string of the molecule is CC(=O)Nc1ccc(C)c(-c2ccc(C(=O)O)o2)c1. The summed E-state index contributed by atoms with van der Waals surface area (Å²) in [6.07, 6.45) is 0. The lowest BCUT2D eigenvalue weighted by Gasteiger charge is -2.07. The van der Waals surface area contributed by atoms with Crippen LogP contribution in [-0.4, -0.2) is 17.0 Å². The number of hydrogen-bond donors (Lipinski definition) is 2. The average Bonchev–Trinajstić information content (AvgIpc) is 2.80. The molecule has 1 amide bonds. The molecule has 0 aliphatic rings. The van der Waals surface area contributed by atoms with Crippen molar-refractivity contribution in [3.05, 3.63) is 41.7 Å². The molecule has 0 aliphatic carbocycles. The van der Waals surface area contributed by atoms with E-state index in [1.807, 2.05) is 13.0 Å². The van der Waals surface area contributed by atoms with Crippen molar-refractivity contribution in [1.29, 1.82) is 0 Å². The summed E-state index contributed by atoms with van der Waals surface area (Å²) in [7, 11) is 0. The second-order valence-corrected chi connectivity index (χ2v) is 4.18. The number of benzene rings is 1. The summed E-state index contributed by atoms with van der Waals surface area (Å²) in [6, 6.07) is 8.37. The summed E-state index contributed by atoms with van der Waals surface area (Å²) in [6.45, 7) is 3.31. The fourth-order valence-corrected chi connectivity index (χ4v) is 1.77. The van der Waals surface area contributed by atoms with Crippen LogP contribution in [0.5, 0.6) is 0 Å². The van der Waals surface area contributed by atoms with Crippen LogP contribution >= 0.6 is 0 Å². The van der Waals surface area contributed by atoms with E-state index in [2.05, 4.69) is 5.32 Å². The molecule has 0 radical (unpaired) electrons. The van der Waals surface area contributed by atoms with Crippen LogP contribution in [0.4, 0.5) is 5.69 Å². The number of hydrogen-bond acceptors (Lipinski definition) is 3. The topological polar surface area (TPSA) is 79.5 Å². The highest BCUT2D eigenvalue weighted by atomic mass is 16.4. The lowest BCUT2D eigenvalue weighted by atomic mass is 10.1. The van der Waals surface area contributed by atoms with Gasteiger partial charge >= 0.3 is 5.97 Å². The monoisotopic (exact) mass is 259 g/mol. The van der Waals surface area contributed by atoms with E-state index in [1.165, 1.54) is 13.0 Å². The summed E-state index contributed by atoms with van der Waals surface area (Å²) < 4.78 is 5.26. The molecule has 0 spiro atoms. The van der Waals surface area contributed by atoms with E-state index in [9.17, 15) is 9.59 Å². The van der Waals surface area contributed by atoms with Gasteiger partial charge in [0.15, 0.2) is 0 Å². The van der Waals surface area contributed by atoms with Crippen molar-refractivity contribution < 1.29 is 19.1 Å². The van der Waals surface area contributed by atoms with Crippen LogP contribution in [0.2, 0.25) is 0 Å². The maximum absolute atomic E-state index is 11.0. The van der Waals surface area contributed by atoms with Crippen LogP contribution in [0.25, 0.3) is 11.3 Å². The number of rotatable bonds is 3. The van der Waals surface area contributed by atoms with E-state index < -0.39 is 5.97 Å². The van der Waals surface area contributed by atoms with Gasteiger partial charge in [-0.05, 0) is 36.8 Å². The average molecular weight is 259 g/mol. The molecule has 0 unspecified atom stereocenters. The van der Waals surface area contributed by atoms with Crippen molar-refractivity contribution >= 4 is 17.6 Å². The van der Waals surface area contributed by atoms with Crippen molar-refractivity contribution in [2.45, 2.75) is 13.8 Å². The molecular formula is C14H13NO4. The molecule has 0 aliphatic heterocycles. The summed E-state index contributed by atoms with van der Waals surface area (Å²) in [5, 5.41) is 11.5. The van der Waals surface area contributed by atoms with Crippen LogP contribution < -0.4 is 5.32 Å². The number of anilines is 1. The Hall–Kier alpha value is -2.56. The molecule has 0 fully saturated rings. The maximum atomic E-state index is 11.0. The summed E-state index contributed by atoms with van der Waals surface area (Å²) >= 11 is 0. The zero-order valence-corrected chi connectivity index (χ0v) is 10.6. The van der Waals surface area contributed by atoms with E-state index >= 15 is 0 Å². The van der Waals surface area contributed by atoms with Gasteiger partial charge in [-0.1, -0.05) is 6.07 Å². The van der Waals surface area contributed by atoms with Gasteiger partial charge in [-0.2, -0.15) is 0 Å². The minimum Gasteiger partial charge on any atom is -0.475 e. The first kappa shape index (κ1) is 12.9. The highest BCUT2D eigenvalue weighted by molar-refractivity contribution is 5.90. The Kier molecular flexibility index (Phi) is 3.37. The molecular weight excluding hydrogens is 246 g/mol. The number of carbonyl (C=O) groups excluding carboxylic acids is 1. The van der Waals surface area contributed by atoms with Gasteiger partial charge in [0.1, 0.15) is 5.76 Å². The second kappa shape index (κ2) is 4.97. The van der Waals surface area contributed by atoms with Gasteiger partial charge < -0.3 is 14.8 Å². The van der Waals surface area contributed by atoms with Crippen molar-refractivity contribution in [2.24, 2.45) is 0 Å². The molecule has 1 aromatic heterocycles. The zero-order chi connectivity index (χ0) is 14.0. The van der Waals surface area contributed by atoms with Crippen molar-refractivity contribution in [2.75, 3.05) is 5.32 Å². The number of carboxylic acids is 1. The number of nitrogens with one attached hydrogen (secondary N) is 1. The third-order valence-electron chi connectivity index (χ3n) is 2.64. The number of furan rings is 1. The van der Waals surface area contributed by atoms with Crippen molar-refractivity contribution in [3.63, 3.8) is 0 Å². The van der Waals surface area contributed by atoms with Crippen molar-refractivity contribution in [1.82, 2.24) is 0 Å². The summed E-state index contributed by atoms with van der Waals surface area (Å²) in [4.78, 5) is 21.8. The predicted molar refractivity (Wildman–Crippen MR) is 70.1 cm³/mol. The van der Waals surface area contributed by atoms with Gasteiger partial charge in [-0.15, -0.1) is 0 Å². The molecule has 2 rings (SSSR count). The Bertz CT molecular complexity index is 643. The molecule has 5 nitrogen and oxygen atoms in total. The van der Waals surface area contributed by atoms with Gasteiger partial charge in [0, 0.05) is 18.2 Å². The van der Waals surface area contributed by atoms with Gasteiger partial charge in [0.2, 0.25) is 11.7 Å². The number of aromatic carboxylic acids is 1. The van der Waals surface area contributed by atoms with E-state index in [0.29, 0.717) is 11.4 Å². The molecule has 19 heavy (non-hydrogen) atoms. The van der Waals surface area contributed by atoms with Gasteiger partial charge in [0.05, 0.1) is 0 Å². The lowest BCUT2D eigenvalue weighted by molar-refractivity contribution is -0.114. The van der Waals surface area contributed by atoms with Crippen LogP contribution in [0, 0.1) is 6.92 Å². The highest BCUT2D eigenvalue weighted by Gasteiger charge is 2.12. The molecule has 1 heterocycles. The zero-order valence-electron chi connectivity index (χ0n) is 10.6. The Balaban J connectivity index is 2.42. The fourth-order valence-electron chi connectivity index (χ4n) is 1.77. The minimum atomic E-state index is -1.11. The summed E-state index contributed by atoms with van der Waals surface area (Å²) in [5.41, 5.74) is 2.32. The molecule has 1 aromatic carbocycles. The van der Waals surface area contributed by atoms with Crippen LogP contribution in [0.15, 0.2) is 34.7 Å². The smallest absolute Gasteiger partial charge is 0.371 e. The Morgan fingerprint density at radius 3 is 2.53 bits per heavy atom. The largest absolute Gasteiger partial charge is 0.475 e. The van der Waals surface area contributed by atoms with Crippen molar-refractivity contribution in [3.8, 4) is 11.3 Å². The van der Waals surface area contributed by atoms with E-state index in [1.54, 1.807) is 18.2 Å². The quantitative estimate of drug-likeness (QED) is 0.888. The van der Waals surface area contributed by atoms with Gasteiger partial charge in [-0.25, -0.2) is 4.79 Å². The first-order valence-electron chi connectivity index (χ1n) is 5.69. The van der Waals surface area contributed by atoms with E-state index in [0.717, 1.165) is 11.1 Å². The van der Waals surface area contributed by atoms with Crippen LogP contribution in [0.3, 0.4) is 0 Å². The molecule has 2 N–H and O–H groups in total. The maximum Gasteiger partial charge on any atom is 0.371 e. The summed E-state index contributed by atoms with van der Waals surface area (Å²) in [5.74, 6) is -0.927. The Labute approximate surface area is 109 Å². The van der Waals surface area contributed by atoms with E-state index in [4.69, 9.17) is 9.52 Å². The normalized spacial score (nSPS) is 10.2.